The second-order valence-electron chi connectivity index (χ2n) is 6.11. The molecule has 3 aromatic rings. The molecule has 1 fully saturated rings. The lowest BCUT2D eigenvalue weighted by atomic mass is 10.3. The number of aryl methyl sites for hydroxylation is 1. The summed E-state index contributed by atoms with van der Waals surface area (Å²) < 4.78 is 5.09. The number of hydrogen-bond donors (Lipinski definition) is 1. The minimum atomic E-state index is -0.367. The summed E-state index contributed by atoms with van der Waals surface area (Å²) in [6.45, 7) is 4.20. The molecule has 4 rings (SSSR count). The fourth-order valence-electron chi connectivity index (χ4n) is 2.75. The zero-order chi connectivity index (χ0) is 19.0. The Hall–Kier alpha value is -2.71. The molecule has 1 amide bonds. The van der Waals surface area contributed by atoms with E-state index in [0.717, 1.165) is 22.0 Å². The molecule has 0 radical (unpaired) electrons. The second-order valence-corrected chi connectivity index (χ2v) is 7.52. The Morgan fingerprint density at radius 1 is 1.33 bits per heavy atom. The molecule has 1 unspecified atom stereocenters. The first-order chi connectivity index (χ1) is 13.0. The van der Waals surface area contributed by atoms with Crippen molar-refractivity contribution >= 4 is 45.8 Å². The van der Waals surface area contributed by atoms with Gasteiger partial charge < -0.3 is 10.1 Å². The van der Waals surface area contributed by atoms with Gasteiger partial charge in [0.05, 0.1) is 22.3 Å². The van der Waals surface area contributed by atoms with Crippen LogP contribution < -0.4 is 10.2 Å². The number of nitrogens with one attached hydrogen (secondary N) is 1. The van der Waals surface area contributed by atoms with Gasteiger partial charge in [-0.25, -0.2) is 24.6 Å². The number of nitrogens with zero attached hydrogens (tertiary/aromatic N) is 4. The highest BCUT2D eigenvalue weighted by atomic mass is 35.5. The van der Waals surface area contributed by atoms with E-state index in [4.69, 9.17) is 16.3 Å². The maximum atomic E-state index is 12.0. The van der Waals surface area contributed by atoms with Crippen molar-refractivity contribution in [2.24, 2.45) is 0 Å². The van der Waals surface area contributed by atoms with Crippen molar-refractivity contribution in [3.8, 4) is 10.6 Å². The summed E-state index contributed by atoms with van der Waals surface area (Å²) >= 11 is 7.43. The lowest BCUT2D eigenvalue weighted by Crippen LogP contribution is -2.30. The zero-order valence-corrected chi connectivity index (χ0v) is 16.2. The monoisotopic (exact) mass is 401 g/mol. The maximum absolute atomic E-state index is 12.0. The van der Waals surface area contributed by atoms with E-state index in [1.165, 1.54) is 11.3 Å². The standard InChI is InChI=1S/C18H16ClN5O2S/c1-10-9-26-18(25)24(10)17-21-11(2)15(27-17)14-6-7-20-16(23-14)22-13-5-3-4-12(19)8-13/h3-8,10H,9H2,1-2H3,(H,20,22,23). The molecule has 0 bridgehead atoms. The molecule has 1 aliphatic rings. The lowest BCUT2D eigenvalue weighted by Gasteiger charge is -2.13. The molecule has 0 spiro atoms. The van der Waals surface area contributed by atoms with E-state index in [1.54, 1.807) is 23.2 Å². The van der Waals surface area contributed by atoms with Crippen molar-refractivity contribution in [2.45, 2.75) is 19.9 Å². The summed E-state index contributed by atoms with van der Waals surface area (Å²) in [4.78, 5) is 27.8. The number of rotatable bonds is 4. The summed E-state index contributed by atoms with van der Waals surface area (Å²) in [5.41, 5.74) is 2.33. The van der Waals surface area contributed by atoms with Gasteiger partial charge in [-0.05, 0) is 38.1 Å². The SMILES string of the molecule is Cc1nc(N2C(=O)OCC2C)sc1-c1ccnc(Nc2cccc(Cl)c2)n1. The van der Waals surface area contributed by atoms with Gasteiger partial charge in [0.25, 0.3) is 0 Å². The number of hydrogen-bond acceptors (Lipinski definition) is 7. The van der Waals surface area contributed by atoms with E-state index in [9.17, 15) is 4.79 Å². The highest BCUT2D eigenvalue weighted by Crippen LogP contribution is 2.36. The van der Waals surface area contributed by atoms with Crippen LogP contribution in [0.2, 0.25) is 5.02 Å². The summed E-state index contributed by atoms with van der Waals surface area (Å²) in [5.74, 6) is 0.457. The smallest absolute Gasteiger partial charge is 0.416 e. The first kappa shape index (κ1) is 17.7. The molecule has 138 valence electrons. The van der Waals surface area contributed by atoms with Crippen molar-refractivity contribution in [3.05, 3.63) is 47.2 Å². The summed E-state index contributed by atoms with van der Waals surface area (Å²) in [5, 5.41) is 4.39. The van der Waals surface area contributed by atoms with Gasteiger partial charge in [0.15, 0.2) is 5.13 Å². The number of halogens is 1. The van der Waals surface area contributed by atoms with Crippen LogP contribution in [0.4, 0.5) is 21.6 Å². The largest absolute Gasteiger partial charge is 0.447 e. The Labute approximate surface area is 165 Å². The minimum Gasteiger partial charge on any atom is -0.447 e. The van der Waals surface area contributed by atoms with Gasteiger partial charge in [0.1, 0.15) is 6.61 Å². The predicted octanol–water partition coefficient (Wildman–Crippen LogP) is 4.65. The van der Waals surface area contributed by atoms with E-state index in [-0.39, 0.29) is 12.1 Å². The molecule has 1 saturated heterocycles. The van der Waals surface area contributed by atoms with Crippen LogP contribution in [0.5, 0.6) is 0 Å². The average Bonchev–Trinajstić information content (AvgIpc) is 3.17. The number of carbonyl (C=O) groups is 1. The van der Waals surface area contributed by atoms with E-state index in [0.29, 0.717) is 22.7 Å². The van der Waals surface area contributed by atoms with Crippen LogP contribution >= 0.6 is 22.9 Å². The number of anilines is 3. The van der Waals surface area contributed by atoms with E-state index in [2.05, 4.69) is 20.3 Å². The molecule has 0 saturated carbocycles. The number of cyclic esters (lactones) is 1. The number of amides is 1. The van der Waals surface area contributed by atoms with Gasteiger partial charge in [-0.3, -0.25) is 0 Å². The van der Waals surface area contributed by atoms with Gasteiger partial charge in [-0.15, -0.1) is 0 Å². The number of aromatic nitrogens is 3. The quantitative estimate of drug-likeness (QED) is 0.685. The maximum Gasteiger partial charge on any atom is 0.416 e. The van der Waals surface area contributed by atoms with Crippen molar-refractivity contribution in [1.29, 1.82) is 0 Å². The highest BCUT2D eigenvalue weighted by Gasteiger charge is 2.33. The molecule has 1 aromatic carbocycles. The van der Waals surface area contributed by atoms with E-state index >= 15 is 0 Å². The third-order valence-corrected chi connectivity index (χ3v) is 5.46. The first-order valence-electron chi connectivity index (χ1n) is 8.30. The molecule has 2 aromatic heterocycles. The van der Waals surface area contributed by atoms with Gasteiger partial charge in [0, 0.05) is 16.9 Å². The second kappa shape index (κ2) is 7.13. The molecule has 9 heteroatoms. The Kier molecular flexibility index (Phi) is 4.67. The summed E-state index contributed by atoms with van der Waals surface area (Å²) in [7, 11) is 0. The van der Waals surface area contributed by atoms with Crippen LogP contribution in [0, 0.1) is 6.92 Å². The Morgan fingerprint density at radius 3 is 2.93 bits per heavy atom. The number of benzene rings is 1. The molecule has 0 aliphatic carbocycles. The Bertz CT molecular complexity index is 1010. The number of thiazole rings is 1. The van der Waals surface area contributed by atoms with Gasteiger partial charge >= 0.3 is 6.09 Å². The minimum absolute atomic E-state index is 0.0404. The van der Waals surface area contributed by atoms with Crippen LogP contribution in [0.1, 0.15) is 12.6 Å². The summed E-state index contributed by atoms with van der Waals surface area (Å²) in [6.07, 6.45) is 1.31. The normalized spacial score (nSPS) is 16.5. The molecule has 1 atom stereocenters. The first-order valence-corrected chi connectivity index (χ1v) is 9.50. The Balaban J connectivity index is 1.63. The van der Waals surface area contributed by atoms with Crippen LogP contribution in [0.15, 0.2) is 36.5 Å². The molecular formula is C18H16ClN5O2S. The third kappa shape index (κ3) is 3.58. The molecular weight excluding hydrogens is 386 g/mol. The highest BCUT2D eigenvalue weighted by molar-refractivity contribution is 7.19. The van der Waals surface area contributed by atoms with Gasteiger partial charge in [0.2, 0.25) is 5.95 Å². The van der Waals surface area contributed by atoms with Gasteiger partial charge in [-0.1, -0.05) is 29.0 Å². The van der Waals surface area contributed by atoms with Crippen molar-refractivity contribution in [2.75, 3.05) is 16.8 Å². The molecule has 1 aliphatic heterocycles. The third-order valence-electron chi connectivity index (χ3n) is 4.05. The fourth-order valence-corrected chi connectivity index (χ4v) is 4.07. The Morgan fingerprint density at radius 2 is 2.19 bits per heavy atom. The van der Waals surface area contributed by atoms with Crippen LogP contribution in [0.3, 0.4) is 0 Å². The van der Waals surface area contributed by atoms with Gasteiger partial charge in [-0.2, -0.15) is 0 Å². The average molecular weight is 402 g/mol. The van der Waals surface area contributed by atoms with Crippen LogP contribution in [-0.4, -0.2) is 33.7 Å². The van der Waals surface area contributed by atoms with E-state index in [1.807, 2.05) is 32.0 Å². The fraction of sp³-hybridized carbons (Fsp3) is 0.222. The van der Waals surface area contributed by atoms with Crippen molar-refractivity contribution in [3.63, 3.8) is 0 Å². The van der Waals surface area contributed by atoms with Crippen LogP contribution in [0.25, 0.3) is 10.6 Å². The number of carbonyl (C=O) groups excluding carboxylic acids is 1. The molecule has 3 heterocycles. The number of ether oxygens (including phenoxy) is 1. The van der Waals surface area contributed by atoms with E-state index < -0.39 is 0 Å². The lowest BCUT2D eigenvalue weighted by molar-refractivity contribution is 0.179. The summed E-state index contributed by atoms with van der Waals surface area (Å²) in [6, 6.07) is 9.12. The van der Waals surface area contributed by atoms with Crippen molar-refractivity contribution < 1.29 is 9.53 Å². The van der Waals surface area contributed by atoms with Crippen molar-refractivity contribution in [1.82, 2.24) is 15.0 Å². The zero-order valence-electron chi connectivity index (χ0n) is 14.6. The predicted molar refractivity (Wildman–Crippen MR) is 106 cm³/mol. The van der Waals surface area contributed by atoms with Crippen LogP contribution in [-0.2, 0) is 4.74 Å². The molecule has 7 nitrogen and oxygen atoms in total. The molecule has 27 heavy (non-hydrogen) atoms. The topological polar surface area (TPSA) is 80.2 Å². The molecule has 1 N–H and O–H groups in total.